The number of rotatable bonds is 9. The number of aromatic amines is 1. The number of aryl methyl sites for hydroxylation is 1. The van der Waals surface area contributed by atoms with Crippen LogP contribution < -0.4 is 5.56 Å². The zero-order valence-electron chi connectivity index (χ0n) is 21.9. The predicted octanol–water partition coefficient (Wildman–Crippen LogP) is 4.19. The molecule has 5 aromatic rings. The molecule has 0 radical (unpaired) electrons. The summed E-state index contributed by atoms with van der Waals surface area (Å²) in [7, 11) is 0. The van der Waals surface area contributed by atoms with Gasteiger partial charge in [0.25, 0.3) is 5.56 Å². The summed E-state index contributed by atoms with van der Waals surface area (Å²) in [6.45, 7) is 4.43. The van der Waals surface area contributed by atoms with Gasteiger partial charge in [0.05, 0.1) is 12.6 Å². The second-order valence-electron chi connectivity index (χ2n) is 10.2. The Hall–Kier alpha value is -4.21. The molecule has 3 aromatic heterocycles. The third-order valence-electron chi connectivity index (χ3n) is 7.23. The van der Waals surface area contributed by atoms with E-state index in [0.29, 0.717) is 31.0 Å². The summed E-state index contributed by atoms with van der Waals surface area (Å²) in [5.74, 6) is 0.613. The fourth-order valence-corrected chi connectivity index (χ4v) is 5.34. The van der Waals surface area contributed by atoms with E-state index in [-0.39, 0.29) is 11.7 Å². The van der Waals surface area contributed by atoms with E-state index < -0.39 is 6.04 Å². The lowest BCUT2D eigenvalue weighted by Crippen LogP contribution is -2.35. The van der Waals surface area contributed by atoms with Gasteiger partial charge in [0.2, 0.25) is 0 Å². The summed E-state index contributed by atoms with van der Waals surface area (Å²) in [5.41, 5.74) is 4.49. The molecular formula is C30H31N7O2. The zero-order valence-corrected chi connectivity index (χ0v) is 21.9. The number of fused-ring (bicyclic) bond motifs is 1. The maximum atomic E-state index is 13.7. The van der Waals surface area contributed by atoms with E-state index >= 15 is 0 Å². The lowest BCUT2D eigenvalue weighted by molar-refractivity contribution is 0.0903. The SMILES string of the molecule is Cc1ccc2cc([C@H](c3nnnn3C[C@@H]3CCCO3)N(Cc3ccccc3)Cc3cccnc3)c(=O)[nH]c2c1. The number of hydrogen-bond acceptors (Lipinski definition) is 7. The van der Waals surface area contributed by atoms with Gasteiger partial charge in [0, 0.05) is 43.2 Å². The summed E-state index contributed by atoms with van der Waals surface area (Å²) in [6, 6.07) is 21.8. The minimum absolute atomic E-state index is 0.0478. The molecule has 9 nitrogen and oxygen atoms in total. The van der Waals surface area contributed by atoms with Gasteiger partial charge in [-0.05, 0) is 70.5 Å². The molecule has 2 atom stereocenters. The molecule has 0 saturated carbocycles. The highest BCUT2D eigenvalue weighted by molar-refractivity contribution is 5.79. The molecule has 4 heterocycles. The van der Waals surface area contributed by atoms with Gasteiger partial charge >= 0.3 is 0 Å². The van der Waals surface area contributed by atoms with Crippen LogP contribution in [0.5, 0.6) is 0 Å². The fraction of sp³-hybridized carbons (Fsp3) is 0.300. The molecule has 198 valence electrons. The van der Waals surface area contributed by atoms with Crippen LogP contribution in [0.2, 0.25) is 0 Å². The summed E-state index contributed by atoms with van der Waals surface area (Å²) in [5, 5.41) is 13.9. The Morgan fingerprint density at radius 2 is 1.92 bits per heavy atom. The Morgan fingerprint density at radius 1 is 1.08 bits per heavy atom. The van der Waals surface area contributed by atoms with Crippen LogP contribution >= 0.6 is 0 Å². The van der Waals surface area contributed by atoms with Crippen molar-refractivity contribution in [1.82, 2.24) is 35.1 Å². The minimum atomic E-state index is -0.517. The molecule has 1 saturated heterocycles. The van der Waals surface area contributed by atoms with Gasteiger partial charge in [-0.15, -0.1) is 5.10 Å². The Balaban J connectivity index is 1.50. The Kier molecular flexibility index (Phi) is 7.25. The second-order valence-corrected chi connectivity index (χ2v) is 10.2. The van der Waals surface area contributed by atoms with Crippen LogP contribution in [0, 0.1) is 6.92 Å². The van der Waals surface area contributed by atoms with Crippen molar-refractivity contribution in [2.75, 3.05) is 6.61 Å². The van der Waals surface area contributed by atoms with E-state index in [4.69, 9.17) is 4.74 Å². The van der Waals surface area contributed by atoms with E-state index in [1.165, 1.54) is 0 Å². The zero-order chi connectivity index (χ0) is 26.6. The summed E-state index contributed by atoms with van der Waals surface area (Å²) < 4.78 is 7.71. The van der Waals surface area contributed by atoms with E-state index in [1.807, 2.05) is 61.7 Å². The third-order valence-corrected chi connectivity index (χ3v) is 7.23. The standard InChI is InChI=1S/C30H31N7O2/c1-21-11-12-24-16-26(30(38)32-27(24)15-21)28(29-33-34-35-37(29)20-25-10-6-14-39-25)36(18-22-7-3-2-4-8-22)19-23-9-5-13-31-17-23/h2-5,7-9,11-13,15-17,25,28H,6,10,14,18-20H2,1H3,(H,32,38)/t25-,28+/m0/s1. The van der Waals surface area contributed by atoms with E-state index in [2.05, 4.69) is 48.6 Å². The number of pyridine rings is 2. The number of aromatic nitrogens is 6. The number of nitrogens with one attached hydrogen (secondary N) is 1. The van der Waals surface area contributed by atoms with Gasteiger partial charge in [0.1, 0.15) is 6.04 Å². The number of hydrogen-bond donors (Lipinski definition) is 1. The van der Waals surface area contributed by atoms with Crippen molar-refractivity contribution >= 4 is 10.9 Å². The Morgan fingerprint density at radius 3 is 2.72 bits per heavy atom. The van der Waals surface area contributed by atoms with Crippen molar-refractivity contribution in [2.45, 2.75) is 51.5 Å². The maximum Gasteiger partial charge on any atom is 0.253 e. The summed E-state index contributed by atoms with van der Waals surface area (Å²) in [6.07, 6.45) is 5.66. The Bertz CT molecular complexity index is 1550. The number of tetrazole rings is 1. The van der Waals surface area contributed by atoms with Gasteiger partial charge < -0.3 is 9.72 Å². The van der Waals surface area contributed by atoms with Crippen LogP contribution in [0.25, 0.3) is 10.9 Å². The molecule has 0 aliphatic carbocycles. The first-order chi connectivity index (χ1) is 19.1. The normalized spacial score (nSPS) is 16.2. The Labute approximate surface area is 226 Å². The van der Waals surface area contributed by atoms with Gasteiger partial charge in [-0.25, -0.2) is 4.68 Å². The average molecular weight is 522 g/mol. The van der Waals surface area contributed by atoms with E-state index in [9.17, 15) is 4.79 Å². The number of benzene rings is 2. The minimum Gasteiger partial charge on any atom is -0.376 e. The van der Waals surface area contributed by atoms with Gasteiger partial charge in [0.15, 0.2) is 5.82 Å². The number of ether oxygens (including phenoxy) is 1. The molecule has 0 spiro atoms. The lowest BCUT2D eigenvalue weighted by Gasteiger charge is -2.31. The topological polar surface area (TPSA) is 102 Å². The van der Waals surface area contributed by atoms with Crippen molar-refractivity contribution < 1.29 is 4.74 Å². The molecule has 0 amide bonds. The molecule has 1 fully saturated rings. The summed E-state index contributed by atoms with van der Waals surface area (Å²) >= 11 is 0. The van der Waals surface area contributed by atoms with Crippen molar-refractivity contribution in [3.8, 4) is 0 Å². The largest absolute Gasteiger partial charge is 0.376 e. The van der Waals surface area contributed by atoms with E-state index in [0.717, 1.165) is 47.0 Å². The predicted molar refractivity (Wildman–Crippen MR) is 148 cm³/mol. The summed E-state index contributed by atoms with van der Waals surface area (Å²) in [4.78, 5) is 23.4. The molecule has 39 heavy (non-hydrogen) atoms. The average Bonchev–Trinajstić information content (AvgIpc) is 3.63. The quantitative estimate of drug-likeness (QED) is 0.310. The van der Waals surface area contributed by atoms with Crippen LogP contribution in [0.1, 0.15) is 47.0 Å². The molecule has 6 rings (SSSR count). The van der Waals surface area contributed by atoms with Crippen LogP contribution in [0.3, 0.4) is 0 Å². The van der Waals surface area contributed by atoms with Gasteiger partial charge in [-0.1, -0.05) is 48.5 Å². The van der Waals surface area contributed by atoms with Gasteiger partial charge in [-0.3, -0.25) is 14.7 Å². The molecule has 9 heteroatoms. The highest BCUT2D eigenvalue weighted by atomic mass is 16.5. The van der Waals surface area contributed by atoms with Crippen molar-refractivity contribution in [3.63, 3.8) is 0 Å². The highest BCUT2D eigenvalue weighted by Crippen LogP contribution is 2.30. The molecule has 0 unspecified atom stereocenters. The third kappa shape index (κ3) is 5.64. The van der Waals surface area contributed by atoms with Crippen LogP contribution in [0.15, 0.2) is 83.9 Å². The van der Waals surface area contributed by atoms with Crippen molar-refractivity contribution in [2.24, 2.45) is 0 Å². The van der Waals surface area contributed by atoms with Crippen LogP contribution in [-0.4, -0.2) is 47.8 Å². The highest BCUT2D eigenvalue weighted by Gasteiger charge is 2.32. The number of nitrogens with zero attached hydrogens (tertiary/aromatic N) is 6. The van der Waals surface area contributed by atoms with Crippen molar-refractivity contribution in [1.29, 1.82) is 0 Å². The van der Waals surface area contributed by atoms with Gasteiger partial charge in [-0.2, -0.15) is 0 Å². The molecule has 1 aliphatic heterocycles. The van der Waals surface area contributed by atoms with E-state index in [1.54, 1.807) is 10.9 Å². The molecule has 2 aromatic carbocycles. The lowest BCUT2D eigenvalue weighted by atomic mass is 10.0. The second kappa shape index (κ2) is 11.3. The smallest absolute Gasteiger partial charge is 0.253 e. The molecule has 0 bridgehead atoms. The molecule has 1 aliphatic rings. The van der Waals surface area contributed by atoms with Crippen LogP contribution in [-0.2, 0) is 24.4 Å². The van der Waals surface area contributed by atoms with Crippen LogP contribution in [0.4, 0.5) is 0 Å². The first-order valence-electron chi connectivity index (χ1n) is 13.3. The first kappa shape index (κ1) is 25.1. The first-order valence-corrected chi connectivity index (χ1v) is 13.3. The fourth-order valence-electron chi connectivity index (χ4n) is 5.34. The monoisotopic (exact) mass is 521 g/mol. The van der Waals surface area contributed by atoms with Crippen molar-refractivity contribution in [3.05, 3.63) is 118 Å². The molecule has 1 N–H and O–H groups in total. The molecular weight excluding hydrogens is 490 g/mol. The maximum absolute atomic E-state index is 13.7. The number of H-pyrrole nitrogens is 1.